The highest BCUT2D eigenvalue weighted by atomic mass is 16.4. The van der Waals surface area contributed by atoms with Gasteiger partial charge in [0.05, 0.1) is 0 Å². The molecule has 0 aliphatic carbocycles. The number of carbonyl (C=O) groups is 2. The smallest absolute Gasteiger partial charge is 0.326 e. The van der Waals surface area contributed by atoms with Gasteiger partial charge in [0.25, 0.3) is 0 Å². The average Bonchev–Trinajstić information content (AvgIpc) is 2.80. The fraction of sp³-hybridized carbons (Fsp3) is 0.846. The molecule has 6 heteroatoms. The first-order valence-electron chi connectivity index (χ1n) is 7.05. The maximum absolute atomic E-state index is 11.7. The molecule has 1 aliphatic heterocycles. The van der Waals surface area contributed by atoms with Gasteiger partial charge < -0.3 is 20.6 Å². The van der Waals surface area contributed by atoms with E-state index in [-0.39, 0.29) is 6.04 Å². The summed E-state index contributed by atoms with van der Waals surface area (Å²) < 4.78 is 0. The minimum Gasteiger partial charge on any atom is -0.480 e. The van der Waals surface area contributed by atoms with Gasteiger partial charge in [0.15, 0.2) is 0 Å². The topological polar surface area (TPSA) is 81.7 Å². The van der Waals surface area contributed by atoms with Crippen LogP contribution >= 0.6 is 0 Å². The lowest BCUT2D eigenvalue weighted by Crippen LogP contribution is -2.50. The highest BCUT2D eigenvalue weighted by Crippen LogP contribution is 2.07. The molecule has 0 aromatic rings. The van der Waals surface area contributed by atoms with Gasteiger partial charge in [-0.1, -0.05) is 13.3 Å². The van der Waals surface area contributed by atoms with E-state index in [9.17, 15) is 9.59 Å². The molecular weight excluding hydrogens is 246 g/mol. The number of aliphatic carboxylic acids is 1. The number of carboxylic acids is 1. The van der Waals surface area contributed by atoms with Gasteiger partial charge in [-0.15, -0.1) is 0 Å². The predicted octanol–water partition coefficient (Wildman–Crippen LogP) is 1.02. The van der Waals surface area contributed by atoms with Crippen LogP contribution in [0, 0.1) is 0 Å². The number of hydrogen-bond donors (Lipinski definition) is 3. The van der Waals surface area contributed by atoms with Crippen molar-refractivity contribution in [2.45, 2.75) is 51.6 Å². The number of carbonyl (C=O) groups excluding carboxylic acids is 1. The Balaban J connectivity index is 2.29. The van der Waals surface area contributed by atoms with E-state index in [1.165, 1.54) is 12.8 Å². The van der Waals surface area contributed by atoms with Crippen molar-refractivity contribution in [3.05, 3.63) is 0 Å². The van der Waals surface area contributed by atoms with Crippen LogP contribution in [0.1, 0.15) is 39.5 Å². The van der Waals surface area contributed by atoms with Crippen LogP contribution in [0.15, 0.2) is 0 Å². The number of rotatable bonds is 7. The molecule has 1 saturated heterocycles. The largest absolute Gasteiger partial charge is 0.480 e. The van der Waals surface area contributed by atoms with E-state index < -0.39 is 18.0 Å². The Labute approximate surface area is 114 Å². The average molecular weight is 271 g/mol. The minimum absolute atomic E-state index is 0.0224. The summed E-state index contributed by atoms with van der Waals surface area (Å²) in [6, 6.07) is -1.18. The van der Waals surface area contributed by atoms with Crippen molar-refractivity contribution in [2.24, 2.45) is 0 Å². The van der Waals surface area contributed by atoms with Crippen LogP contribution in [-0.2, 0) is 4.79 Å². The van der Waals surface area contributed by atoms with Crippen LogP contribution in [0.2, 0.25) is 0 Å². The fourth-order valence-electron chi connectivity index (χ4n) is 2.37. The van der Waals surface area contributed by atoms with Gasteiger partial charge in [0, 0.05) is 12.6 Å². The standard InChI is InChI=1S/C13H25N3O3/c1-3-6-11(12(17)18)15-13(19)14-10(2)9-16-7-4-5-8-16/h10-11H,3-9H2,1-2H3,(H,17,18)(H2,14,15,19). The molecule has 0 bridgehead atoms. The molecule has 2 unspecified atom stereocenters. The highest BCUT2D eigenvalue weighted by molar-refractivity contribution is 5.82. The van der Waals surface area contributed by atoms with E-state index in [1.54, 1.807) is 0 Å². The quantitative estimate of drug-likeness (QED) is 0.646. The van der Waals surface area contributed by atoms with E-state index in [0.29, 0.717) is 6.42 Å². The number of likely N-dealkylation sites (tertiary alicyclic amines) is 1. The maximum atomic E-state index is 11.7. The molecule has 0 aromatic heterocycles. The lowest BCUT2D eigenvalue weighted by Gasteiger charge is -2.22. The molecule has 3 N–H and O–H groups in total. The van der Waals surface area contributed by atoms with Crippen molar-refractivity contribution in [3.8, 4) is 0 Å². The summed E-state index contributed by atoms with van der Waals surface area (Å²) in [6.07, 6.45) is 3.61. The SMILES string of the molecule is CCCC(NC(=O)NC(C)CN1CCCC1)C(=O)O. The van der Waals surface area contributed by atoms with Crippen molar-refractivity contribution >= 4 is 12.0 Å². The van der Waals surface area contributed by atoms with E-state index >= 15 is 0 Å². The second kappa shape index (κ2) is 7.99. The fourth-order valence-corrected chi connectivity index (χ4v) is 2.37. The van der Waals surface area contributed by atoms with Crippen molar-refractivity contribution in [3.63, 3.8) is 0 Å². The molecule has 1 fully saturated rings. The molecule has 0 radical (unpaired) electrons. The predicted molar refractivity (Wildman–Crippen MR) is 73.1 cm³/mol. The molecule has 0 aromatic carbocycles. The van der Waals surface area contributed by atoms with Gasteiger partial charge in [-0.25, -0.2) is 9.59 Å². The third kappa shape index (κ3) is 5.92. The van der Waals surface area contributed by atoms with Crippen molar-refractivity contribution in [2.75, 3.05) is 19.6 Å². The van der Waals surface area contributed by atoms with Crippen LogP contribution in [0.3, 0.4) is 0 Å². The first kappa shape index (κ1) is 15.8. The molecule has 1 heterocycles. The van der Waals surface area contributed by atoms with Gasteiger partial charge in [-0.2, -0.15) is 0 Å². The Morgan fingerprint density at radius 2 is 1.89 bits per heavy atom. The van der Waals surface area contributed by atoms with Crippen LogP contribution in [-0.4, -0.2) is 53.7 Å². The van der Waals surface area contributed by atoms with Crippen molar-refractivity contribution in [1.29, 1.82) is 0 Å². The third-order valence-electron chi connectivity index (χ3n) is 3.29. The number of nitrogens with zero attached hydrogens (tertiary/aromatic N) is 1. The number of hydrogen-bond acceptors (Lipinski definition) is 3. The first-order chi connectivity index (χ1) is 9.02. The molecule has 2 atom stereocenters. The second-order valence-corrected chi connectivity index (χ2v) is 5.21. The molecular formula is C13H25N3O3. The van der Waals surface area contributed by atoms with Gasteiger partial charge in [-0.3, -0.25) is 0 Å². The lowest BCUT2D eigenvalue weighted by atomic mass is 10.2. The van der Waals surface area contributed by atoms with Gasteiger partial charge in [0.1, 0.15) is 6.04 Å². The zero-order chi connectivity index (χ0) is 14.3. The summed E-state index contributed by atoms with van der Waals surface area (Å²) in [5.74, 6) is -0.982. The Morgan fingerprint density at radius 1 is 1.26 bits per heavy atom. The summed E-state index contributed by atoms with van der Waals surface area (Å²) in [6.45, 7) is 6.82. The summed E-state index contributed by atoms with van der Waals surface area (Å²) in [4.78, 5) is 25.0. The van der Waals surface area contributed by atoms with Crippen LogP contribution in [0.4, 0.5) is 4.79 Å². The number of urea groups is 1. The molecule has 0 saturated carbocycles. The molecule has 2 amide bonds. The molecule has 110 valence electrons. The number of amides is 2. The summed E-state index contributed by atoms with van der Waals surface area (Å²) >= 11 is 0. The second-order valence-electron chi connectivity index (χ2n) is 5.21. The van der Waals surface area contributed by atoms with E-state index in [4.69, 9.17) is 5.11 Å². The monoisotopic (exact) mass is 271 g/mol. The Hall–Kier alpha value is -1.30. The zero-order valence-corrected chi connectivity index (χ0v) is 11.8. The first-order valence-corrected chi connectivity index (χ1v) is 7.05. The van der Waals surface area contributed by atoms with E-state index in [1.807, 2.05) is 13.8 Å². The Bertz CT molecular complexity index is 304. The summed E-state index contributed by atoms with van der Waals surface area (Å²) in [5.41, 5.74) is 0. The number of nitrogens with one attached hydrogen (secondary N) is 2. The van der Waals surface area contributed by atoms with Gasteiger partial charge in [0.2, 0.25) is 0 Å². The van der Waals surface area contributed by atoms with Crippen LogP contribution in [0.25, 0.3) is 0 Å². The van der Waals surface area contributed by atoms with Crippen molar-refractivity contribution < 1.29 is 14.7 Å². The normalized spacial score (nSPS) is 18.8. The molecule has 19 heavy (non-hydrogen) atoms. The molecule has 1 aliphatic rings. The zero-order valence-electron chi connectivity index (χ0n) is 11.8. The van der Waals surface area contributed by atoms with Crippen LogP contribution < -0.4 is 10.6 Å². The molecule has 0 spiro atoms. The molecule has 6 nitrogen and oxygen atoms in total. The minimum atomic E-state index is -0.982. The van der Waals surface area contributed by atoms with E-state index in [2.05, 4.69) is 15.5 Å². The highest BCUT2D eigenvalue weighted by Gasteiger charge is 2.20. The van der Waals surface area contributed by atoms with Crippen molar-refractivity contribution in [1.82, 2.24) is 15.5 Å². The molecule has 1 rings (SSSR count). The maximum Gasteiger partial charge on any atom is 0.326 e. The third-order valence-corrected chi connectivity index (χ3v) is 3.29. The Morgan fingerprint density at radius 3 is 2.42 bits per heavy atom. The number of carboxylic acid groups (broad SMARTS) is 1. The van der Waals surface area contributed by atoms with E-state index in [0.717, 1.165) is 26.1 Å². The van der Waals surface area contributed by atoms with Gasteiger partial charge >= 0.3 is 12.0 Å². The Kier molecular flexibility index (Phi) is 6.62. The summed E-state index contributed by atoms with van der Waals surface area (Å²) in [7, 11) is 0. The summed E-state index contributed by atoms with van der Waals surface area (Å²) in [5, 5.41) is 14.3. The van der Waals surface area contributed by atoms with Crippen LogP contribution in [0.5, 0.6) is 0 Å². The van der Waals surface area contributed by atoms with Gasteiger partial charge in [-0.05, 0) is 39.3 Å². The lowest BCUT2D eigenvalue weighted by molar-refractivity contribution is -0.139.